The number of aromatic nitrogens is 2. The summed E-state index contributed by atoms with van der Waals surface area (Å²) in [5.41, 5.74) is 0. The number of rotatable bonds is 7. The summed E-state index contributed by atoms with van der Waals surface area (Å²) in [7, 11) is 0. The van der Waals surface area contributed by atoms with Gasteiger partial charge in [-0.15, -0.1) is 0 Å². The van der Waals surface area contributed by atoms with E-state index in [1.54, 1.807) is 12.4 Å². The van der Waals surface area contributed by atoms with Crippen molar-refractivity contribution in [2.24, 2.45) is 5.92 Å². The van der Waals surface area contributed by atoms with E-state index >= 15 is 0 Å². The molecule has 0 saturated carbocycles. The molecule has 1 aliphatic rings. The van der Waals surface area contributed by atoms with Gasteiger partial charge in [0.1, 0.15) is 11.6 Å². The summed E-state index contributed by atoms with van der Waals surface area (Å²) < 4.78 is 0. The molecule has 106 valence electrons. The van der Waals surface area contributed by atoms with E-state index in [4.69, 9.17) is 0 Å². The quantitative estimate of drug-likeness (QED) is 0.788. The first-order valence-corrected chi connectivity index (χ1v) is 7.34. The fourth-order valence-corrected chi connectivity index (χ4v) is 2.40. The van der Waals surface area contributed by atoms with E-state index in [1.165, 1.54) is 19.5 Å². The average molecular weight is 263 g/mol. The predicted molar refractivity (Wildman–Crippen MR) is 79.5 cm³/mol. The lowest BCUT2D eigenvalue weighted by molar-refractivity contribution is 0.345. The van der Waals surface area contributed by atoms with Gasteiger partial charge in [-0.3, -0.25) is 4.98 Å². The van der Waals surface area contributed by atoms with Crippen LogP contribution in [-0.2, 0) is 0 Å². The zero-order valence-corrected chi connectivity index (χ0v) is 12.0. The Hall–Kier alpha value is -1.36. The van der Waals surface area contributed by atoms with E-state index in [0.29, 0.717) is 0 Å². The Balaban J connectivity index is 1.79. The highest BCUT2D eigenvalue weighted by Crippen LogP contribution is 2.16. The van der Waals surface area contributed by atoms with Crippen molar-refractivity contribution < 1.29 is 0 Å². The van der Waals surface area contributed by atoms with Gasteiger partial charge in [0.15, 0.2) is 0 Å². The standard InChI is InChI=1S/C14H25N5/c1-3-6-16-13-9-15-10-14(18-13)17-8-12-5-7-19(4-2)11-12/h9-10,12H,3-8,11H2,1-2H3,(H2,16,17,18). The first-order chi connectivity index (χ1) is 9.31. The molecule has 19 heavy (non-hydrogen) atoms. The highest BCUT2D eigenvalue weighted by Gasteiger charge is 2.20. The molecule has 1 atom stereocenters. The van der Waals surface area contributed by atoms with Crippen LogP contribution >= 0.6 is 0 Å². The third-order valence-corrected chi connectivity index (χ3v) is 3.58. The van der Waals surface area contributed by atoms with Crippen LogP contribution in [0.2, 0.25) is 0 Å². The Bertz CT molecular complexity index is 382. The Kier molecular flexibility index (Phi) is 5.39. The largest absolute Gasteiger partial charge is 0.369 e. The highest BCUT2D eigenvalue weighted by atomic mass is 15.2. The first-order valence-electron chi connectivity index (χ1n) is 7.34. The molecule has 1 unspecified atom stereocenters. The van der Waals surface area contributed by atoms with Gasteiger partial charge in [-0.05, 0) is 31.8 Å². The molecule has 2 heterocycles. The number of anilines is 2. The topological polar surface area (TPSA) is 53.1 Å². The second-order valence-electron chi connectivity index (χ2n) is 5.15. The van der Waals surface area contributed by atoms with Crippen LogP contribution in [0, 0.1) is 5.92 Å². The van der Waals surface area contributed by atoms with Crippen molar-refractivity contribution in [2.45, 2.75) is 26.7 Å². The molecule has 0 spiro atoms. The average Bonchev–Trinajstić information content (AvgIpc) is 2.91. The van der Waals surface area contributed by atoms with Gasteiger partial charge in [-0.1, -0.05) is 13.8 Å². The summed E-state index contributed by atoms with van der Waals surface area (Å²) >= 11 is 0. The smallest absolute Gasteiger partial charge is 0.146 e. The van der Waals surface area contributed by atoms with Crippen molar-refractivity contribution in [2.75, 3.05) is 43.4 Å². The highest BCUT2D eigenvalue weighted by molar-refractivity contribution is 5.41. The Morgan fingerprint density at radius 3 is 2.74 bits per heavy atom. The molecule has 2 N–H and O–H groups in total. The summed E-state index contributed by atoms with van der Waals surface area (Å²) in [4.78, 5) is 11.2. The Morgan fingerprint density at radius 2 is 2.05 bits per heavy atom. The number of hydrogen-bond acceptors (Lipinski definition) is 5. The first kappa shape index (κ1) is 14.1. The van der Waals surface area contributed by atoms with E-state index in [1.807, 2.05) is 0 Å². The molecule has 1 aliphatic heterocycles. The fourth-order valence-electron chi connectivity index (χ4n) is 2.40. The van der Waals surface area contributed by atoms with E-state index in [9.17, 15) is 0 Å². The fraction of sp³-hybridized carbons (Fsp3) is 0.714. The predicted octanol–water partition coefficient (Wildman–Crippen LogP) is 2.05. The van der Waals surface area contributed by atoms with Crippen molar-refractivity contribution in [1.82, 2.24) is 14.9 Å². The lowest BCUT2D eigenvalue weighted by atomic mass is 10.1. The second-order valence-corrected chi connectivity index (χ2v) is 5.15. The van der Waals surface area contributed by atoms with Crippen LogP contribution in [0.5, 0.6) is 0 Å². The van der Waals surface area contributed by atoms with E-state index in [-0.39, 0.29) is 0 Å². The van der Waals surface area contributed by atoms with Gasteiger partial charge in [0.25, 0.3) is 0 Å². The van der Waals surface area contributed by atoms with Crippen LogP contribution in [0.4, 0.5) is 11.6 Å². The molecular weight excluding hydrogens is 238 g/mol. The molecule has 1 saturated heterocycles. The molecule has 5 nitrogen and oxygen atoms in total. The van der Waals surface area contributed by atoms with Gasteiger partial charge < -0.3 is 15.5 Å². The Morgan fingerprint density at radius 1 is 1.26 bits per heavy atom. The van der Waals surface area contributed by atoms with E-state index < -0.39 is 0 Å². The molecule has 2 rings (SSSR count). The summed E-state index contributed by atoms with van der Waals surface area (Å²) in [5.74, 6) is 2.46. The minimum absolute atomic E-state index is 0.731. The van der Waals surface area contributed by atoms with Crippen LogP contribution in [0.15, 0.2) is 12.4 Å². The SMILES string of the molecule is CCCNc1cncc(NCC2CCN(CC)C2)n1. The maximum Gasteiger partial charge on any atom is 0.146 e. The summed E-state index contributed by atoms with van der Waals surface area (Å²) in [5, 5.41) is 6.66. The zero-order chi connectivity index (χ0) is 13.5. The van der Waals surface area contributed by atoms with Crippen LogP contribution in [-0.4, -0.2) is 47.6 Å². The Labute approximate surface area is 115 Å². The lowest BCUT2D eigenvalue weighted by Gasteiger charge is -2.14. The van der Waals surface area contributed by atoms with E-state index in [0.717, 1.165) is 43.6 Å². The molecule has 1 aromatic rings. The lowest BCUT2D eigenvalue weighted by Crippen LogP contribution is -2.22. The molecule has 0 bridgehead atoms. The normalized spacial score (nSPS) is 19.6. The van der Waals surface area contributed by atoms with Crippen molar-refractivity contribution in [3.05, 3.63) is 12.4 Å². The second kappa shape index (κ2) is 7.28. The zero-order valence-electron chi connectivity index (χ0n) is 12.0. The van der Waals surface area contributed by atoms with Crippen molar-refractivity contribution >= 4 is 11.6 Å². The third kappa shape index (κ3) is 4.35. The minimum Gasteiger partial charge on any atom is -0.369 e. The van der Waals surface area contributed by atoms with Gasteiger partial charge in [-0.2, -0.15) is 0 Å². The maximum absolute atomic E-state index is 4.51. The van der Waals surface area contributed by atoms with Gasteiger partial charge in [0.05, 0.1) is 12.4 Å². The number of nitrogens with zero attached hydrogens (tertiary/aromatic N) is 3. The van der Waals surface area contributed by atoms with Crippen LogP contribution < -0.4 is 10.6 Å². The number of hydrogen-bond donors (Lipinski definition) is 2. The number of likely N-dealkylation sites (tertiary alicyclic amines) is 1. The molecule has 0 aliphatic carbocycles. The number of nitrogens with one attached hydrogen (secondary N) is 2. The summed E-state index contributed by atoms with van der Waals surface area (Å²) in [6, 6.07) is 0. The molecule has 5 heteroatoms. The van der Waals surface area contributed by atoms with Gasteiger partial charge in [-0.25, -0.2) is 4.98 Å². The van der Waals surface area contributed by atoms with Gasteiger partial charge in [0.2, 0.25) is 0 Å². The molecular formula is C14H25N5. The van der Waals surface area contributed by atoms with Crippen molar-refractivity contribution in [3.63, 3.8) is 0 Å². The molecule has 0 amide bonds. The van der Waals surface area contributed by atoms with Crippen LogP contribution in [0.1, 0.15) is 26.7 Å². The van der Waals surface area contributed by atoms with Gasteiger partial charge in [0, 0.05) is 19.6 Å². The molecule has 1 fully saturated rings. The van der Waals surface area contributed by atoms with E-state index in [2.05, 4.69) is 39.3 Å². The maximum atomic E-state index is 4.51. The van der Waals surface area contributed by atoms with Crippen LogP contribution in [0.25, 0.3) is 0 Å². The summed E-state index contributed by atoms with van der Waals surface area (Å²) in [6.07, 6.45) is 5.94. The molecule has 0 radical (unpaired) electrons. The summed E-state index contributed by atoms with van der Waals surface area (Å²) in [6.45, 7) is 9.88. The minimum atomic E-state index is 0.731. The van der Waals surface area contributed by atoms with Gasteiger partial charge >= 0.3 is 0 Å². The third-order valence-electron chi connectivity index (χ3n) is 3.58. The molecule has 0 aromatic carbocycles. The van der Waals surface area contributed by atoms with Crippen molar-refractivity contribution in [1.29, 1.82) is 0 Å². The van der Waals surface area contributed by atoms with Crippen molar-refractivity contribution in [3.8, 4) is 0 Å². The molecule has 1 aromatic heterocycles. The monoisotopic (exact) mass is 263 g/mol. The van der Waals surface area contributed by atoms with Crippen LogP contribution in [0.3, 0.4) is 0 Å².